The zero-order chi connectivity index (χ0) is 13.2. The van der Waals surface area contributed by atoms with Crippen LogP contribution in [0.4, 0.5) is 0 Å². The Bertz CT molecular complexity index is 337. The topological polar surface area (TPSA) is 58.6 Å². The fourth-order valence-electron chi connectivity index (χ4n) is 2.93. The minimum atomic E-state index is -0.624. The Morgan fingerprint density at radius 3 is 2.61 bits per heavy atom. The second-order valence-electron chi connectivity index (χ2n) is 5.42. The molecule has 18 heavy (non-hydrogen) atoms. The molecular weight excluding hydrogens is 232 g/mol. The number of nitrogens with one attached hydrogen (secondary N) is 1. The quantitative estimate of drug-likeness (QED) is 0.806. The summed E-state index contributed by atoms with van der Waals surface area (Å²) >= 11 is 0. The van der Waals surface area contributed by atoms with Gasteiger partial charge >= 0.3 is 0 Å². The highest BCUT2D eigenvalue weighted by Gasteiger charge is 2.47. The molecule has 5 nitrogen and oxygen atoms in total. The van der Waals surface area contributed by atoms with Gasteiger partial charge < -0.3 is 15.0 Å². The molecule has 1 spiro atoms. The maximum atomic E-state index is 12.6. The van der Waals surface area contributed by atoms with Gasteiger partial charge in [0.2, 0.25) is 11.8 Å². The van der Waals surface area contributed by atoms with Crippen LogP contribution in [-0.4, -0.2) is 48.6 Å². The first-order valence-corrected chi connectivity index (χ1v) is 6.70. The van der Waals surface area contributed by atoms with Crippen molar-refractivity contribution in [2.45, 2.75) is 50.7 Å². The van der Waals surface area contributed by atoms with Crippen molar-refractivity contribution in [3.63, 3.8) is 0 Å². The van der Waals surface area contributed by atoms with Crippen molar-refractivity contribution in [1.29, 1.82) is 0 Å². The lowest BCUT2D eigenvalue weighted by molar-refractivity contribution is -0.153. The summed E-state index contributed by atoms with van der Waals surface area (Å²) in [6.07, 6.45) is 4.68. The second kappa shape index (κ2) is 5.26. The molecule has 1 aliphatic heterocycles. The van der Waals surface area contributed by atoms with Crippen LogP contribution in [0.3, 0.4) is 0 Å². The summed E-state index contributed by atoms with van der Waals surface area (Å²) in [6, 6.07) is 0. The van der Waals surface area contributed by atoms with Gasteiger partial charge in [0.1, 0.15) is 5.54 Å². The molecule has 1 heterocycles. The number of carbonyl (C=O) groups is 2. The van der Waals surface area contributed by atoms with E-state index in [1.807, 2.05) is 6.92 Å². The molecule has 1 aliphatic carbocycles. The minimum Gasteiger partial charge on any atom is -0.380 e. The van der Waals surface area contributed by atoms with Gasteiger partial charge in [0.15, 0.2) is 0 Å². The third kappa shape index (κ3) is 2.51. The zero-order valence-corrected chi connectivity index (χ0v) is 11.2. The van der Waals surface area contributed by atoms with Crippen molar-refractivity contribution in [3.8, 4) is 0 Å². The van der Waals surface area contributed by atoms with E-state index in [1.165, 1.54) is 0 Å². The molecule has 102 valence electrons. The SMILES string of the molecule is COC(C)CN1CC(=O)NC2(CCCCC2)C1=O. The van der Waals surface area contributed by atoms with Gasteiger partial charge in [0.25, 0.3) is 0 Å². The van der Waals surface area contributed by atoms with Crippen molar-refractivity contribution < 1.29 is 14.3 Å². The summed E-state index contributed by atoms with van der Waals surface area (Å²) < 4.78 is 5.19. The van der Waals surface area contributed by atoms with Gasteiger partial charge in [-0.2, -0.15) is 0 Å². The number of ether oxygens (including phenoxy) is 1. The summed E-state index contributed by atoms with van der Waals surface area (Å²) in [5.41, 5.74) is -0.624. The number of carbonyl (C=O) groups excluding carboxylic acids is 2. The molecule has 1 atom stereocenters. The van der Waals surface area contributed by atoms with Gasteiger partial charge in [0, 0.05) is 13.7 Å². The van der Waals surface area contributed by atoms with Gasteiger partial charge in [-0.15, -0.1) is 0 Å². The standard InChI is InChI=1S/C13H22N2O3/c1-10(18-2)8-15-9-11(16)14-13(12(15)17)6-4-3-5-7-13/h10H,3-9H2,1-2H3,(H,14,16). The van der Waals surface area contributed by atoms with E-state index < -0.39 is 5.54 Å². The monoisotopic (exact) mass is 254 g/mol. The predicted octanol–water partition coefficient (Wildman–Crippen LogP) is 0.683. The Labute approximate surface area is 108 Å². The molecule has 0 aromatic rings. The Balaban J connectivity index is 2.12. The van der Waals surface area contributed by atoms with Crippen molar-refractivity contribution in [3.05, 3.63) is 0 Å². The number of hydrogen-bond donors (Lipinski definition) is 1. The summed E-state index contributed by atoms with van der Waals surface area (Å²) in [5, 5.41) is 2.93. The number of methoxy groups -OCH3 is 1. The molecule has 5 heteroatoms. The van der Waals surface area contributed by atoms with Gasteiger partial charge in [-0.1, -0.05) is 19.3 Å². The average Bonchev–Trinajstić information content (AvgIpc) is 2.36. The van der Waals surface area contributed by atoms with Gasteiger partial charge in [-0.25, -0.2) is 0 Å². The zero-order valence-electron chi connectivity index (χ0n) is 11.2. The molecular formula is C13H22N2O3. The van der Waals surface area contributed by atoms with Gasteiger partial charge in [0.05, 0.1) is 12.6 Å². The molecule has 1 N–H and O–H groups in total. The van der Waals surface area contributed by atoms with E-state index in [2.05, 4.69) is 5.32 Å². The van der Waals surface area contributed by atoms with Crippen molar-refractivity contribution in [1.82, 2.24) is 10.2 Å². The van der Waals surface area contributed by atoms with E-state index in [4.69, 9.17) is 4.74 Å². The summed E-state index contributed by atoms with van der Waals surface area (Å²) in [4.78, 5) is 26.0. The highest BCUT2D eigenvalue weighted by atomic mass is 16.5. The molecule has 1 saturated heterocycles. The summed E-state index contributed by atoms with van der Waals surface area (Å²) in [7, 11) is 1.62. The van der Waals surface area contributed by atoms with Gasteiger partial charge in [-0.05, 0) is 19.8 Å². The third-order valence-electron chi connectivity index (χ3n) is 4.00. The lowest BCUT2D eigenvalue weighted by atomic mass is 9.79. The number of hydrogen-bond acceptors (Lipinski definition) is 3. The normalized spacial score (nSPS) is 25.1. The average molecular weight is 254 g/mol. The van der Waals surface area contributed by atoms with Crippen LogP contribution in [-0.2, 0) is 14.3 Å². The Hall–Kier alpha value is -1.10. The molecule has 2 amide bonds. The van der Waals surface area contributed by atoms with E-state index in [9.17, 15) is 9.59 Å². The lowest BCUT2D eigenvalue weighted by Crippen LogP contribution is -2.67. The Morgan fingerprint density at radius 2 is 2.00 bits per heavy atom. The van der Waals surface area contributed by atoms with Crippen LogP contribution in [0.1, 0.15) is 39.0 Å². The minimum absolute atomic E-state index is 0.0412. The fraction of sp³-hybridized carbons (Fsp3) is 0.846. The molecule has 2 fully saturated rings. The third-order valence-corrected chi connectivity index (χ3v) is 4.00. The Kier molecular flexibility index (Phi) is 3.90. The maximum absolute atomic E-state index is 12.6. The molecule has 2 rings (SSSR count). The summed E-state index contributed by atoms with van der Waals surface area (Å²) in [6.45, 7) is 2.56. The molecule has 0 aromatic heterocycles. The highest BCUT2D eigenvalue weighted by molar-refractivity contribution is 5.98. The molecule has 0 aromatic carbocycles. The first kappa shape index (κ1) is 13.3. The molecule has 0 radical (unpaired) electrons. The largest absolute Gasteiger partial charge is 0.380 e. The van der Waals surface area contributed by atoms with E-state index in [0.717, 1.165) is 32.1 Å². The van der Waals surface area contributed by atoms with Gasteiger partial charge in [-0.3, -0.25) is 9.59 Å². The first-order chi connectivity index (χ1) is 8.57. The van der Waals surface area contributed by atoms with Crippen LogP contribution in [0, 0.1) is 0 Å². The van der Waals surface area contributed by atoms with Crippen LogP contribution in [0.5, 0.6) is 0 Å². The second-order valence-corrected chi connectivity index (χ2v) is 5.42. The van der Waals surface area contributed by atoms with Crippen LogP contribution in [0.2, 0.25) is 0 Å². The number of amides is 2. The number of rotatable bonds is 3. The summed E-state index contributed by atoms with van der Waals surface area (Å²) in [5.74, 6) is 0.0329. The predicted molar refractivity (Wildman–Crippen MR) is 67.0 cm³/mol. The van der Waals surface area contributed by atoms with Crippen molar-refractivity contribution in [2.24, 2.45) is 0 Å². The number of piperazine rings is 1. The Morgan fingerprint density at radius 1 is 1.33 bits per heavy atom. The fourth-order valence-corrected chi connectivity index (χ4v) is 2.93. The van der Waals surface area contributed by atoms with Crippen LogP contribution in [0.15, 0.2) is 0 Å². The van der Waals surface area contributed by atoms with Crippen molar-refractivity contribution >= 4 is 11.8 Å². The molecule has 1 saturated carbocycles. The van der Waals surface area contributed by atoms with E-state index in [1.54, 1.807) is 12.0 Å². The molecule has 0 bridgehead atoms. The van der Waals surface area contributed by atoms with E-state index >= 15 is 0 Å². The van der Waals surface area contributed by atoms with E-state index in [0.29, 0.717) is 6.54 Å². The van der Waals surface area contributed by atoms with Crippen LogP contribution >= 0.6 is 0 Å². The molecule has 2 aliphatic rings. The lowest BCUT2D eigenvalue weighted by Gasteiger charge is -2.44. The number of nitrogens with zero attached hydrogens (tertiary/aromatic N) is 1. The smallest absolute Gasteiger partial charge is 0.248 e. The highest BCUT2D eigenvalue weighted by Crippen LogP contribution is 2.31. The van der Waals surface area contributed by atoms with Crippen molar-refractivity contribution in [2.75, 3.05) is 20.2 Å². The maximum Gasteiger partial charge on any atom is 0.248 e. The van der Waals surface area contributed by atoms with Crippen LogP contribution in [0.25, 0.3) is 0 Å². The molecule has 1 unspecified atom stereocenters. The first-order valence-electron chi connectivity index (χ1n) is 6.70. The van der Waals surface area contributed by atoms with Crippen LogP contribution < -0.4 is 5.32 Å². The van der Waals surface area contributed by atoms with E-state index in [-0.39, 0.29) is 24.5 Å².